The topological polar surface area (TPSA) is 48.4 Å². The van der Waals surface area contributed by atoms with Crippen LogP contribution in [0.5, 0.6) is 10.9 Å². The van der Waals surface area contributed by atoms with Gasteiger partial charge in [-0.1, -0.05) is 35.1 Å². The van der Waals surface area contributed by atoms with Gasteiger partial charge in [0.05, 0.1) is 7.11 Å². The van der Waals surface area contributed by atoms with Crippen LogP contribution in [0.1, 0.15) is 9.67 Å². The van der Waals surface area contributed by atoms with Crippen LogP contribution in [-0.2, 0) is 4.74 Å². The maximum Gasteiger partial charge on any atom is 0.351 e. The number of esters is 1. The first-order valence-electron chi connectivity index (χ1n) is 5.21. The summed E-state index contributed by atoms with van der Waals surface area (Å²) < 4.78 is 10.3. The molecular weight excluding hydrogens is 306 g/mol. The molecule has 0 aliphatic heterocycles. The molecule has 0 saturated heterocycles. The van der Waals surface area contributed by atoms with E-state index in [1.807, 2.05) is 30.5 Å². The maximum absolute atomic E-state index is 11.4. The normalized spacial score (nSPS) is 10.3. The third-order valence-corrected chi connectivity index (χ3v) is 4.28. The number of ether oxygens (including phenoxy) is 2. The summed E-state index contributed by atoms with van der Waals surface area (Å²) in [5, 5.41) is 0.403. The molecule has 0 unspecified atom stereocenters. The number of methoxy groups -OCH3 is 1. The van der Waals surface area contributed by atoms with Crippen molar-refractivity contribution in [2.45, 2.75) is 4.90 Å². The minimum Gasteiger partial charge on any atom is -0.465 e. The monoisotopic (exact) mass is 315 g/mol. The molecule has 2 rings (SSSR count). The summed E-state index contributed by atoms with van der Waals surface area (Å²) in [5.41, 5.74) is 0. The van der Waals surface area contributed by atoms with Crippen LogP contribution in [0.3, 0.4) is 0 Å². The highest BCUT2D eigenvalue weighted by atomic mass is 35.5. The van der Waals surface area contributed by atoms with Gasteiger partial charge in [-0.15, -0.1) is 11.8 Å². The van der Waals surface area contributed by atoms with Crippen LogP contribution in [0.4, 0.5) is 0 Å². The van der Waals surface area contributed by atoms with Gasteiger partial charge in [-0.2, -0.15) is 4.98 Å². The summed E-state index contributed by atoms with van der Waals surface area (Å²) in [6.45, 7) is 0. The molecular formula is C12H10ClNO3S2. The highest BCUT2D eigenvalue weighted by molar-refractivity contribution is 7.98. The van der Waals surface area contributed by atoms with Gasteiger partial charge < -0.3 is 9.47 Å². The average Bonchev–Trinajstić information content (AvgIpc) is 2.79. The number of thiazole rings is 1. The summed E-state index contributed by atoms with van der Waals surface area (Å²) >= 11 is 8.49. The Balaban J connectivity index is 2.27. The number of carbonyl (C=O) groups is 1. The lowest BCUT2D eigenvalue weighted by Crippen LogP contribution is -1.98. The lowest BCUT2D eigenvalue weighted by atomic mass is 10.3. The number of halogens is 1. The van der Waals surface area contributed by atoms with Gasteiger partial charge in [0.1, 0.15) is 5.75 Å². The Morgan fingerprint density at radius 2 is 2.16 bits per heavy atom. The van der Waals surface area contributed by atoms with Crippen LogP contribution in [0.15, 0.2) is 29.2 Å². The van der Waals surface area contributed by atoms with Gasteiger partial charge >= 0.3 is 5.97 Å². The number of thioether (sulfide) groups is 1. The molecule has 1 aromatic heterocycles. The van der Waals surface area contributed by atoms with E-state index in [0.29, 0.717) is 10.9 Å². The van der Waals surface area contributed by atoms with Crippen molar-refractivity contribution in [3.8, 4) is 10.9 Å². The molecule has 1 heterocycles. The fraction of sp³-hybridized carbons (Fsp3) is 0.167. The van der Waals surface area contributed by atoms with Gasteiger partial charge in [-0.05, 0) is 18.4 Å². The Bertz CT molecular complexity index is 600. The molecule has 0 fully saturated rings. The molecule has 0 amide bonds. The zero-order chi connectivity index (χ0) is 13.8. The van der Waals surface area contributed by atoms with Crippen LogP contribution in [0, 0.1) is 0 Å². The van der Waals surface area contributed by atoms with Crippen molar-refractivity contribution in [1.82, 2.24) is 4.98 Å². The molecule has 0 bridgehead atoms. The number of aromatic nitrogens is 1. The van der Waals surface area contributed by atoms with E-state index in [2.05, 4.69) is 9.72 Å². The number of hydrogen-bond acceptors (Lipinski definition) is 6. The largest absolute Gasteiger partial charge is 0.465 e. The van der Waals surface area contributed by atoms with E-state index >= 15 is 0 Å². The zero-order valence-corrected chi connectivity index (χ0v) is 12.6. The van der Waals surface area contributed by atoms with Gasteiger partial charge in [0.25, 0.3) is 5.19 Å². The van der Waals surface area contributed by atoms with Gasteiger partial charge in [0.2, 0.25) is 0 Å². The van der Waals surface area contributed by atoms with Gasteiger partial charge in [-0.25, -0.2) is 4.79 Å². The van der Waals surface area contributed by atoms with Crippen LogP contribution >= 0.6 is 34.7 Å². The second-order valence-electron chi connectivity index (χ2n) is 3.34. The molecule has 7 heteroatoms. The number of benzene rings is 1. The van der Waals surface area contributed by atoms with Crippen LogP contribution < -0.4 is 4.74 Å². The molecule has 1 aromatic carbocycles. The van der Waals surface area contributed by atoms with Crippen molar-refractivity contribution in [2.75, 3.05) is 13.4 Å². The molecule has 2 aromatic rings. The first kappa shape index (κ1) is 14.2. The fourth-order valence-electron chi connectivity index (χ4n) is 1.34. The fourth-order valence-corrected chi connectivity index (χ4v) is 2.93. The minimum atomic E-state index is -0.518. The molecule has 0 N–H and O–H groups in total. The van der Waals surface area contributed by atoms with Crippen LogP contribution in [0.25, 0.3) is 0 Å². The van der Waals surface area contributed by atoms with Gasteiger partial charge in [0.15, 0.2) is 10.0 Å². The van der Waals surface area contributed by atoms with Crippen molar-refractivity contribution < 1.29 is 14.3 Å². The zero-order valence-electron chi connectivity index (χ0n) is 10.2. The Kier molecular flexibility index (Phi) is 4.68. The second kappa shape index (κ2) is 6.27. The second-order valence-corrected chi connectivity index (χ2v) is 5.51. The predicted molar refractivity (Wildman–Crippen MR) is 76.8 cm³/mol. The molecule has 19 heavy (non-hydrogen) atoms. The lowest BCUT2D eigenvalue weighted by Gasteiger charge is -2.05. The van der Waals surface area contributed by atoms with E-state index in [0.717, 1.165) is 16.2 Å². The number of nitrogens with zero attached hydrogens (tertiary/aromatic N) is 1. The van der Waals surface area contributed by atoms with E-state index in [9.17, 15) is 4.79 Å². The first-order chi connectivity index (χ1) is 9.15. The summed E-state index contributed by atoms with van der Waals surface area (Å²) in [5.74, 6) is 0.160. The highest BCUT2D eigenvalue weighted by Gasteiger charge is 2.19. The van der Waals surface area contributed by atoms with Gasteiger partial charge in [-0.3, -0.25) is 0 Å². The van der Waals surface area contributed by atoms with Crippen LogP contribution in [-0.4, -0.2) is 24.3 Å². The maximum atomic E-state index is 11.4. The highest BCUT2D eigenvalue weighted by Crippen LogP contribution is 2.35. The number of para-hydroxylation sites is 1. The van der Waals surface area contributed by atoms with E-state index in [1.165, 1.54) is 7.11 Å². The third kappa shape index (κ3) is 3.20. The molecule has 0 atom stereocenters. The van der Waals surface area contributed by atoms with Crippen LogP contribution in [0.2, 0.25) is 5.15 Å². The molecule has 0 spiro atoms. The lowest BCUT2D eigenvalue weighted by molar-refractivity contribution is 0.0606. The quantitative estimate of drug-likeness (QED) is 0.628. The summed E-state index contributed by atoms with van der Waals surface area (Å²) in [6.07, 6.45) is 1.96. The van der Waals surface area contributed by atoms with E-state index in [4.69, 9.17) is 16.3 Å². The van der Waals surface area contributed by atoms with Crippen molar-refractivity contribution in [3.63, 3.8) is 0 Å². The Morgan fingerprint density at radius 3 is 2.84 bits per heavy atom. The van der Waals surface area contributed by atoms with E-state index in [1.54, 1.807) is 11.8 Å². The molecule has 0 aliphatic carbocycles. The third-order valence-electron chi connectivity index (χ3n) is 2.20. The number of hydrogen-bond donors (Lipinski definition) is 0. The standard InChI is InChI=1S/C12H10ClNO3S2/c1-16-11(15)9-10(13)14-12(19-9)17-7-5-3-4-6-8(7)18-2/h3-6H,1-2H3. The number of carbonyl (C=O) groups excluding carboxylic acids is 1. The molecule has 0 saturated carbocycles. The molecule has 0 aliphatic rings. The Morgan fingerprint density at radius 1 is 1.42 bits per heavy atom. The Hall–Kier alpha value is -1.24. The summed E-state index contributed by atoms with van der Waals surface area (Å²) in [7, 11) is 1.29. The molecule has 0 radical (unpaired) electrons. The summed E-state index contributed by atoms with van der Waals surface area (Å²) in [6, 6.07) is 7.56. The molecule has 4 nitrogen and oxygen atoms in total. The van der Waals surface area contributed by atoms with Crippen molar-refractivity contribution in [3.05, 3.63) is 34.3 Å². The van der Waals surface area contributed by atoms with E-state index in [-0.39, 0.29) is 10.0 Å². The van der Waals surface area contributed by atoms with Crippen molar-refractivity contribution >= 4 is 40.7 Å². The van der Waals surface area contributed by atoms with E-state index < -0.39 is 5.97 Å². The van der Waals surface area contributed by atoms with Crippen molar-refractivity contribution in [1.29, 1.82) is 0 Å². The summed E-state index contributed by atoms with van der Waals surface area (Å²) in [4.78, 5) is 16.6. The first-order valence-corrected chi connectivity index (χ1v) is 7.63. The molecule has 100 valence electrons. The number of rotatable bonds is 4. The predicted octanol–water partition coefficient (Wildman–Crippen LogP) is 4.10. The SMILES string of the molecule is COC(=O)c1sc(Oc2ccccc2SC)nc1Cl. The van der Waals surface area contributed by atoms with Crippen molar-refractivity contribution in [2.24, 2.45) is 0 Å². The van der Waals surface area contributed by atoms with Gasteiger partial charge in [0, 0.05) is 4.90 Å². The minimum absolute atomic E-state index is 0.0912. The average molecular weight is 316 g/mol. The Labute approximate surface area is 123 Å². The smallest absolute Gasteiger partial charge is 0.351 e.